The van der Waals surface area contributed by atoms with Crippen LogP contribution in [0, 0.1) is 5.82 Å². The van der Waals surface area contributed by atoms with Crippen molar-refractivity contribution in [1.82, 2.24) is 14.8 Å². The average molecular weight is 397 g/mol. The smallest absolute Gasteiger partial charge is 0.192 e. The zero-order valence-electron chi connectivity index (χ0n) is 16.3. The molecule has 0 saturated heterocycles. The number of aromatic nitrogens is 3. The van der Waals surface area contributed by atoms with Gasteiger partial charge >= 0.3 is 0 Å². The summed E-state index contributed by atoms with van der Waals surface area (Å²) in [7, 11) is 0. The Hall–Kier alpha value is -2.60. The summed E-state index contributed by atoms with van der Waals surface area (Å²) in [6.45, 7) is 10.7. The van der Waals surface area contributed by atoms with Crippen molar-refractivity contribution in [3.05, 3.63) is 72.6 Å². The van der Waals surface area contributed by atoms with Crippen LogP contribution in [0.25, 0.3) is 11.4 Å². The summed E-state index contributed by atoms with van der Waals surface area (Å²) in [5.41, 5.74) is 3.13. The molecule has 6 heteroatoms. The lowest BCUT2D eigenvalue weighted by Gasteiger charge is -2.21. The Balaban J connectivity index is 1.83. The third-order valence-electron chi connectivity index (χ3n) is 4.54. The Bertz CT molecular complexity index is 917. The van der Waals surface area contributed by atoms with Gasteiger partial charge in [-0.05, 0) is 55.8 Å². The summed E-state index contributed by atoms with van der Waals surface area (Å²) in [5, 5.41) is 9.57. The van der Waals surface area contributed by atoms with Crippen LogP contribution < -0.4 is 4.90 Å². The fraction of sp³-hybridized carbons (Fsp3) is 0.273. The highest BCUT2D eigenvalue weighted by atomic mass is 32.2. The SMILES string of the molecule is C=CCn1c(SCc2cccc(F)c2)nnc1-c1ccc(N(CC)CC)cc1. The first kappa shape index (κ1) is 20.1. The van der Waals surface area contributed by atoms with Crippen LogP contribution in [0.1, 0.15) is 19.4 Å². The van der Waals surface area contributed by atoms with Crippen LogP contribution in [0.15, 0.2) is 66.3 Å². The second-order valence-corrected chi connectivity index (χ2v) is 7.29. The number of rotatable bonds is 9. The number of nitrogens with zero attached hydrogens (tertiary/aromatic N) is 4. The quantitative estimate of drug-likeness (QED) is 0.358. The molecule has 0 saturated carbocycles. The van der Waals surface area contributed by atoms with Gasteiger partial charge in [0, 0.05) is 36.6 Å². The molecule has 0 aliphatic heterocycles. The number of anilines is 1. The van der Waals surface area contributed by atoms with Crippen LogP contribution in [-0.2, 0) is 12.3 Å². The largest absolute Gasteiger partial charge is 0.372 e. The molecule has 0 amide bonds. The number of hydrogen-bond acceptors (Lipinski definition) is 4. The number of benzene rings is 2. The third kappa shape index (κ3) is 4.62. The van der Waals surface area contributed by atoms with Crippen LogP contribution in [0.4, 0.5) is 10.1 Å². The third-order valence-corrected chi connectivity index (χ3v) is 5.58. The van der Waals surface area contributed by atoms with Gasteiger partial charge in [-0.25, -0.2) is 4.39 Å². The van der Waals surface area contributed by atoms with Crippen LogP contribution in [0.5, 0.6) is 0 Å². The highest BCUT2D eigenvalue weighted by Gasteiger charge is 2.14. The molecule has 0 radical (unpaired) electrons. The summed E-state index contributed by atoms with van der Waals surface area (Å²) in [4.78, 5) is 2.30. The van der Waals surface area contributed by atoms with E-state index in [0.717, 1.165) is 35.2 Å². The van der Waals surface area contributed by atoms with Gasteiger partial charge in [-0.2, -0.15) is 0 Å². The minimum Gasteiger partial charge on any atom is -0.372 e. The average Bonchev–Trinajstić information content (AvgIpc) is 3.11. The molecule has 0 unspecified atom stereocenters. The Morgan fingerprint density at radius 1 is 1.11 bits per heavy atom. The summed E-state index contributed by atoms with van der Waals surface area (Å²) in [5.74, 6) is 1.22. The number of hydrogen-bond donors (Lipinski definition) is 0. The highest BCUT2D eigenvalue weighted by Crippen LogP contribution is 2.28. The monoisotopic (exact) mass is 396 g/mol. The maximum atomic E-state index is 13.4. The van der Waals surface area contributed by atoms with Gasteiger partial charge in [0.05, 0.1) is 0 Å². The second-order valence-electron chi connectivity index (χ2n) is 6.34. The molecule has 1 aromatic heterocycles. The van der Waals surface area contributed by atoms with E-state index in [4.69, 9.17) is 0 Å². The van der Waals surface area contributed by atoms with Crippen LogP contribution in [0.3, 0.4) is 0 Å². The molecule has 0 fully saturated rings. The Morgan fingerprint density at radius 3 is 2.50 bits per heavy atom. The van der Waals surface area contributed by atoms with Crippen molar-refractivity contribution >= 4 is 17.4 Å². The first-order valence-electron chi connectivity index (χ1n) is 9.43. The fourth-order valence-corrected chi connectivity index (χ4v) is 3.98. The van der Waals surface area contributed by atoms with Crippen LogP contribution >= 0.6 is 11.8 Å². The number of halogens is 1. The van der Waals surface area contributed by atoms with Crippen molar-refractivity contribution in [2.45, 2.75) is 31.3 Å². The molecule has 1 heterocycles. The number of allylic oxidation sites excluding steroid dienone is 1. The zero-order valence-corrected chi connectivity index (χ0v) is 17.1. The first-order valence-corrected chi connectivity index (χ1v) is 10.4. The van der Waals surface area contributed by atoms with Gasteiger partial charge < -0.3 is 4.90 Å². The molecule has 0 aliphatic carbocycles. The lowest BCUT2D eigenvalue weighted by Crippen LogP contribution is -2.21. The van der Waals surface area contributed by atoms with Gasteiger partial charge in [0.25, 0.3) is 0 Å². The molecule has 0 aliphatic rings. The Labute approximate surface area is 170 Å². The van der Waals surface area contributed by atoms with E-state index >= 15 is 0 Å². The molecular formula is C22H25FN4S. The van der Waals surface area contributed by atoms with E-state index in [9.17, 15) is 4.39 Å². The summed E-state index contributed by atoms with van der Waals surface area (Å²) in [6.07, 6.45) is 1.84. The van der Waals surface area contributed by atoms with Gasteiger partial charge in [0.1, 0.15) is 5.82 Å². The Kier molecular flexibility index (Phi) is 6.87. The van der Waals surface area contributed by atoms with Gasteiger partial charge in [-0.3, -0.25) is 4.57 Å². The molecule has 28 heavy (non-hydrogen) atoms. The van der Waals surface area contributed by atoms with Crippen molar-refractivity contribution in [2.24, 2.45) is 0 Å². The second kappa shape index (κ2) is 9.55. The molecule has 0 N–H and O–H groups in total. The molecule has 0 spiro atoms. The van der Waals surface area contributed by atoms with E-state index in [2.05, 4.69) is 59.8 Å². The predicted molar refractivity (Wildman–Crippen MR) is 115 cm³/mol. The van der Waals surface area contributed by atoms with Crippen molar-refractivity contribution in [2.75, 3.05) is 18.0 Å². The van der Waals surface area contributed by atoms with Gasteiger partial charge in [0.2, 0.25) is 0 Å². The Morgan fingerprint density at radius 2 is 1.86 bits per heavy atom. The minimum absolute atomic E-state index is 0.223. The summed E-state index contributed by atoms with van der Waals surface area (Å²) < 4.78 is 15.4. The van der Waals surface area contributed by atoms with E-state index in [1.54, 1.807) is 23.9 Å². The maximum Gasteiger partial charge on any atom is 0.192 e. The fourth-order valence-electron chi connectivity index (χ4n) is 3.09. The van der Waals surface area contributed by atoms with E-state index in [1.807, 2.05) is 16.7 Å². The lowest BCUT2D eigenvalue weighted by atomic mass is 10.2. The zero-order chi connectivity index (χ0) is 19.9. The van der Waals surface area contributed by atoms with E-state index in [1.165, 1.54) is 11.8 Å². The van der Waals surface area contributed by atoms with Crippen molar-refractivity contribution in [3.8, 4) is 11.4 Å². The van der Waals surface area contributed by atoms with Gasteiger partial charge in [-0.1, -0.05) is 30.0 Å². The maximum absolute atomic E-state index is 13.4. The van der Waals surface area contributed by atoms with Crippen molar-refractivity contribution in [1.29, 1.82) is 0 Å². The molecule has 3 aromatic rings. The van der Waals surface area contributed by atoms with Crippen molar-refractivity contribution in [3.63, 3.8) is 0 Å². The summed E-state index contributed by atoms with van der Waals surface area (Å²) >= 11 is 1.55. The van der Waals surface area contributed by atoms with E-state index in [-0.39, 0.29) is 5.82 Å². The normalized spacial score (nSPS) is 10.8. The molecule has 0 bridgehead atoms. The van der Waals surface area contributed by atoms with E-state index in [0.29, 0.717) is 12.3 Å². The highest BCUT2D eigenvalue weighted by molar-refractivity contribution is 7.98. The minimum atomic E-state index is -0.223. The van der Waals surface area contributed by atoms with Gasteiger partial charge in [0.15, 0.2) is 11.0 Å². The topological polar surface area (TPSA) is 34.0 Å². The number of thioether (sulfide) groups is 1. The molecule has 3 rings (SSSR count). The molecule has 2 aromatic carbocycles. The standard InChI is InChI=1S/C22H25FN4S/c1-4-14-27-21(18-10-12-20(13-11-18)26(5-2)6-3)24-25-22(27)28-16-17-8-7-9-19(23)15-17/h4,7-13,15H,1,5-6,14,16H2,2-3H3. The molecule has 0 atom stereocenters. The molecule has 4 nitrogen and oxygen atoms in total. The van der Waals surface area contributed by atoms with Crippen molar-refractivity contribution < 1.29 is 4.39 Å². The van der Waals surface area contributed by atoms with Gasteiger partial charge in [-0.15, -0.1) is 16.8 Å². The first-order chi connectivity index (χ1) is 13.7. The summed E-state index contributed by atoms with van der Waals surface area (Å²) in [6, 6.07) is 15.0. The van der Waals surface area contributed by atoms with E-state index < -0.39 is 0 Å². The van der Waals surface area contributed by atoms with Crippen LogP contribution in [0.2, 0.25) is 0 Å². The molecular weight excluding hydrogens is 371 g/mol. The van der Waals surface area contributed by atoms with Crippen LogP contribution in [-0.4, -0.2) is 27.9 Å². The lowest BCUT2D eigenvalue weighted by molar-refractivity contribution is 0.626. The molecule has 146 valence electrons. The predicted octanol–water partition coefficient (Wildman–Crippen LogP) is 5.41.